The van der Waals surface area contributed by atoms with E-state index in [2.05, 4.69) is 14.8 Å². The highest BCUT2D eigenvalue weighted by Gasteiger charge is 2.33. The number of carbonyl (C=O) groups is 2. The Labute approximate surface area is 154 Å². The molecule has 1 saturated heterocycles. The van der Waals surface area contributed by atoms with Crippen molar-refractivity contribution >= 4 is 11.8 Å². The number of rotatable bonds is 2. The second-order valence-corrected chi connectivity index (χ2v) is 8.02. The van der Waals surface area contributed by atoms with Gasteiger partial charge in [0.2, 0.25) is 11.8 Å². The molecule has 0 N–H and O–H groups in total. The zero-order valence-corrected chi connectivity index (χ0v) is 15.7. The van der Waals surface area contributed by atoms with Crippen LogP contribution in [0, 0.1) is 5.92 Å². The molecule has 2 aliphatic heterocycles. The largest absolute Gasteiger partial charge is 0.342 e. The monoisotopic (exact) mass is 359 g/mol. The maximum absolute atomic E-state index is 12.8. The molecule has 0 bridgehead atoms. The summed E-state index contributed by atoms with van der Waals surface area (Å²) in [5.41, 5.74) is 0. The fourth-order valence-electron chi connectivity index (χ4n) is 4.75. The van der Waals surface area contributed by atoms with E-state index >= 15 is 0 Å². The molecule has 1 aromatic rings. The lowest BCUT2D eigenvalue weighted by molar-refractivity contribution is -0.138. The Bertz CT molecular complexity index is 679. The maximum Gasteiger partial charge on any atom is 0.226 e. The molecule has 26 heavy (non-hydrogen) atoms. The molecule has 2 amide bonds. The fourth-order valence-corrected chi connectivity index (χ4v) is 4.75. The quantitative estimate of drug-likeness (QED) is 0.809. The van der Waals surface area contributed by atoms with Crippen molar-refractivity contribution in [3.63, 3.8) is 0 Å². The van der Waals surface area contributed by atoms with E-state index in [1.165, 1.54) is 19.3 Å². The lowest BCUT2D eigenvalue weighted by Gasteiger charge is -2.34. The average molecular weight is 359 g/mol. The van der Waals surface area contributed by atoms with Gasteiger partial charge >= 0.3 is 0 Å². The van der Waals surface area contributed by atoms with Crippen molar-refractivity contribution in [2.24, 2.45) is 5.92 Å². The summed E-state index contributed by atoms with van der Waals surface area (Å²) in [6.07, 6.45) is 7.76. The summed E-state index contributed by atoms with van der Waals surface area (Å²) in [6.45, 7) is 5.31. The van der Waals surface area contributed by atoms with E-state index in [0.29, 0.717) is 12.5 Å². The maximum atomic E-state index is 12.8. The second kappa shape index (κ2) is 7.37. The van der Waals surface area contributed by atoms with Gasteiger partial charge in [-0.2, -0.15) is 0 Å². The summed E-state index contributed by atoms with van der Waals surface area (Å²) in [4.78, 5) is 28.4. The molecule has 1 atom stereocenters. The Morgan fingerprint density at radius 1 is 0.923 bits per heavy atom. The fraction of sp³-hybridized carbons (Fsp3) is 0.789. The van der Waals surface area contributed by atoms with Crippen LogP contribution >= 0.6 is 0 Å². The van der Waals surface area contributed by atoms with Crippen LogP contribution in [0.15, 0.2) is 0 Å². The third-order valence-electron chi connectivity index (χ3n) is 6.28. The Hall–Kier alpha value is -1.92. The Balaban J connectivity index is 1.45. The number of carbonyl (C=O) groups excluding carboxylic acids is 2. The van der Waals surface area contributed by atoms with E-state index in [4.69, 9.17) is 0 Å². The molecule has 1 aliphatic carbocycles. The average Bonchev–Trinajstić information content (AvgIpc) is 3.11. The molecule has 7 nitrogen and oxygen atoms in total. The van der Waals surface area contributed by atoms with E-state index in [0.717, 1.165) is 63.5 Å². The van der Waals surface area contributed by atoms with Gasteiger partial charge in [-0.1, -0.05) is 19.3 Å². The first-order valence-electron chi connectivity index (χ1n) is 10.1. The highest BCUT2D eigenvalue weighted by molar-refractivity contribution is 5.79. The SMILES string of the molecule is CC(=O)N1CCC[C@@H](c2nnc3n2CCN(C(=O)C2CCCCC2)C3)C1. The van der Waals surface area contributed by atoms with Crippen LogP contribution in [0.3, 0.4) is 0 Å². The molecule has 3 heterocycles. The zero-order valence-electron chi connectivity index (χ0n) is 15.7. The van der Waals surface area contributed by atoms with Gasteiger partial charge in [-0.15, -0.1) is 10.2 Å². The van der Waals surface area contributed by atoms with Crippen molar-refractivity contribution in [2.75, 3.05) is 19.6 Å². The first kappa shape index (κ1) is 17.5. The minimum absolute atomic E-state index is 0.136. The van der Waals surface area contributed by atoms with Gasteiger partial charge in [0, 0.05) is 44.9 Å². The van der Waals surface area contributed by atoms with E-state index < -0.39 is 0 Å². The van der Waals surface area contributed by atoms with Gasteiger partial charge in [0.05, 0.1) is 6.54 Å². The minimum atomic E-state index is 0.136. The summed E-state index contributed by atoms with van der Waals surface area (Å²) in [5.74, 6) is 2.80. The molecule has 7 heteroatoms. The van der Waals surface area contributed by atoms with Gasteiger partial charge in [0.15, 0.2) is 5.82 Å². The van der Waals surface area contributed by atoms with Gasteiger partial charge in [0.1, 0.15) is 5.82 Å². The van der Waals surface area contributed by atoms with E-state index in [1.807, 2.05) is 9.80 Å². The third-order valence-corrected chi connectivity index (χ3v) is 6.28. The highest BCUT2D eigenvalue weighted by Crippen LogP contribution is 2.29. The topological polar surface area (TPSA) is 71.3 Å². The lowest BCUT2D eigenvalue weighted by Crippen LogP contribution is -2.43. The summed E-state index contributed by atoms with van der Waals surface area (Å²) in [5, 5.41) is 8.85. The van der Waals surface area contributed by atoms with Gasteiger partial charge in [-0.3, -0.25) is 9.59 Å². The Morgan fingerprint density at radius 2 is 1.73 bits per heavy atom. The van der Waals surface area contributed by atoms with Crippen molar-refractivity contribution in [2.45, 2.75) is 70.9 Å². The zero-order chi connectivity index (χ0) is 18.1. The van der Waals surface area contributed by atoms with Crippen LogP contribution in [0.1, 0.15) is 69.4 Å². The summed E-state index contributed by atoms with van der Waals surface area (Å²) < 4.78 is 2.19. The number of piperidine rings is 1. The van der Waals surface area contributed by atoms with Crippen molar-refractivity contribution in [3.8, 4) is 0 Å². The number of likely N-dealkylation sites (tertiary alicyclic amines) is 1. The molecule has 0 radical (unpaired) electrons. The molecule has 0 spiro atoms. The van der Waals surface area contributed by atoms with Gasteiger partial charge in [-0.25, -0.2) is 0 Å². The number of nitrogens with zero attached hydrogens (tertiary/aromatic N) is 5. The third kappa shape index (κ3) is 3.35. The summed E-state index contributed by atoms with van der Waals surface area (Å²) >= 11 is 0. The first-order valence-corrected chi connectivity index (χ1v) is 10.1. The minimum Gasteiger partial charge on any atom is -0.342 e. The Kier molecular flexibility index (Phi) is 4.96. The predicted octanol–water partition coefficient (Wildman–Crippen LogP) is 1.93. The normalized spacial score (nSPS) is 24.4. The van der Waals surface area contributed by atoms with Crippen LogP contribution in [0.25, 0.3) is 0 Å². The number of amides is 2. The Morgan fingerprint density at radius 3 is 2.50 bits per heavy atom. The molecule has 1 saturated carbocycles. The van der Waals surface area contributed by atoms with Gasteiger partial charge < -0.3 is 14.4 Å². The highest BCUT2D eigenvalue weighted by atomic mass is 16.2. The lowest BCUT2D eigenvalue weighted by atomic mass is 9.88. The number of aromatic nitrogens is 3. The molecule has 3 aliphatic rings. The smallest absolute Gasteiger partial charge is 0.226 e. The van der Waals surface area contributed by atoms with E-state index in [1.54, 1.807) is 6.92 Å². The summed E-state index contributed by atoms with van der Waals surface area (Å²) in [7, 11) is 0. The second-order valence-electron chi connectivity index (χ2n) is 8.02. The van der Waals surface area contributed by atoms with Crippen LogP contribution in [-0.4, -0.2) is 56.0 Å². The van der Waals surface area contributed by atoms with Crippen LogP contribution in [0.4, 0.5) is 0 Å². The van der Waals surface area contributed by atoms with E-state index in [9.17, 15) is 9.59 Å². The van der Waals surface area contributed by atoms with Crippen LogP contribution in [0.2, 0.25) is 0 Å². The molecule has 0 unspecified atom stereocenters. The van der Waals surface area contributed by atoms with Crippen LogP contribution < -0.4 is 0 Å². The van der Waals surface area contributed by atoms with Crippen LogP contribution in [-0.2, 0) is 22.7 Å². The molecular weight excluding hydrogens is 330 g/mol. The first-order chi connectivity index (χ1) is 12.6. The molecule has 1 aromatic heterocycles. The number of hydrogen-bond donors (Lipinski definition) is 0. The van der Waals surface area contributed by atoms with Gasteiger partial charge in [-0.05, 0) is 25.7 Å². The van der Waals surface area contributed by atoms with Crippen molar-refractivity contribution in [1.29, 1.82) is 0 Å². The molecule has 2 fully saturated rings. The van der Waals surface area contributed by atoms with Gasteiger partial charge in [0.25, 0.3) is 0 Å². The van der Waals surface area contributed by atoms with Crippen LogP contribution in [0.5, 0.6) is 0 Å². The molecule has 4 rings (SSSR count). The van der Waals surface area contributed by atoms with Crippen molar-refractivity contribution in [1.82, 2.24) is 24.6 Å². The van der Waals surface area contributed by atoms with Crippen molar-refractivity contribution < 1.29 is 9.59 Å². The number of hydrogen-bond acceptors (Lipinski definition) is 4. The standard InChI is InChI=1S/C19H29N5O2/c1-14(25)22-9-5-8-16(12-22)18-21-20-17-13-23(10-11-24(17)18)19(26)15-6-3-2-4-7-15/h15-16H,2-13H2,1H3/t16-/m1/s1. The molecule has 0 aromatic carbocycles. The predicted molar refractivity (Wildman–Crippen MR) is 96.2 cm³/mol. The summed E-state index contributed by atoms with van der Waals surface area (Å²) in [6, 6.07) is 0. The van der Waals surface area contributed by atoms with Crippen molar-refractivity contribution in [3.05, 3.63) is 11.6 Å². The molecular formula is C19H29N5O2. The molecule has 142 valence electrons. The number of fused-ring (bicyclic) bond motifs is 1. The van der Waals surface area contributed by atoms with E-state index in [-0.39, 0.29) is 17.7 Å².